The van der Waals surface area contributed by atoms with Gasteiger partial charge in [0.05, 0.1) is 4.75 Å². The van der Waals surface area contributed by atoms with Crippen LogP contribution < -0.4 is 0 Å². The highest BCUT2D eigenvalue weighted by atomic mass is 32.2. The van der Waals surface area contributed by atoms with Gasteiger partial charge in [-0.25, -0.2) is 4.21 Å². The summed E-state index contributed by atoms with van der Waals surface area (Å²) in [4.78, 5) is 0. The lowest BCUT2D eigenvalue weighted by molar-refractivity contribution is 0.643. The van der Waals surface area contributed by atoms with Crippen molar-refractivity contribution in [1.29, 1.82) is 0 Å². The Labute approximate surface area is 97.2 Å². The van der Waals surface area contributed by atoms with Gasteiger partial charge in [0.25, 0.3) is 0 Å². The molecule has 0 rings (SSSR count). The normalized spacial score (nSPS) is 14.7. The molecule has 15 heavy (non-hydrogen) atoms. The molecule has 0 radical (unpaired) electrons. The van der Waals surface area contributed by atoms with Gasteiger partial charge in [-0.2, -0.15) is 4.40 Å². The van der Waals surface area contributed by atoms with Gasteiger partial charge in [-0.1, -0.05) is 32.6 Å². The van der Waals surface area contributed by atoms with E-state index in [9.17, 15) is 4.21 Å². The lowest BCUT2D eigenvalue weighted by atomic mass is 10.1. The molecule has 1 unspecified atom stereocenters. The summed E-state index contributed by atoms with van der Waals surface area (Å²) in [6, 6.07) is 0. The first-order valence-corrected chi connectivity index (χ1v) is 7.03. The monoisotopic (exact) mass is 231 g/mol. The predicted octanol–water partition coefficient (Wildman–Crippen LogP) is 3.88. The molecular weight excluding hydrogens is 206 g/mol. The maximum absolute atomic E-state index is 11.5. The maximum atomic E-state index is 11.5. The van der Waals surface area contributed by atoms with E-state index in [-0.39, 0.29) is 4.75 Å². The third kappa shape index (κ3) is 8.79. The van der Waals surface area contributed by atoms with E-state index >= 15 is 0 Å². The predicted molar refractivity (Wildman–Crippen MR) is 69.8 cm³/mol. The molecule has 0 bridgehead atoms. The van der Waals surface area contributed by atoms with E-state index in [4.69, 9.17) is 0 Å². The minimum absolute atomic E-state index is 0.224. The van der Waals surface area contributed by atoms with Gasteiger partial charge < -0.3 is 0 Å². The minimum Gasteiger partial charge on any atom is -0.234 e. The smallest absolute Gasteiger partial charge is 0.144 e. The van der Waals surface area contributed by atoms with Crippen LogP contribution in [0.25, 0.3) is 0 Å². The molecule has 0 aliphatic rings. The highest BCUT2D eigenvalue weighted by molar-refractivity contribution is 7.85. The van der Waals surface area contributed by atoms with Crippen LogP contribution in [-0.2, 0) is 11.0 Å². The van der Waals surface area contributed by atoms with Gasteiger partial charge in [-0.3, -0.25) is 0 Å². The first kappa shape index (κ1) is 14.8. The Morgan fingerprint density at radius 3 is 2.27 bits per heavy atom. The van der Waals surface area contributed by atoms with E-state index in [1.54, 1.807) is 0 Å². The molecule has 0 saturated carbocycles. The molecule has 0 aliphatic carbocycles. The number of unbranched alkanes of at least 4 members (excludes halogenated alkanes) is 5. The molecule has 0 aromatic carbocycles. The second-order valence-electron chi connectivity index (χ2n) is 4.85. The van der Waals surface area contributed by atoms with Crippen molar-refractivity contribution in [2.24, 2.45) is 4.40 Å². The lowest BCUT2D eigenvalue weighted by Gasteiger charge is -2.12. The molecule has 0 spiro atoms. The second kappa shape index (κ2) is 8.03. The van der Waals surface area contributed by atoms with Crippen molar-refractivity contribution >= 4 is 17.2 Å². The number of rotatable bonds is 7. The molecule has 0 amide bonds. The molecule has 0 aromatic heterocycles. The van der Waals surface area contributed by atoms with Gasteiger partial charge in [0.2, 0.25) is 0 Å². The lowest BCUT2D eigenvalue weighted by Crippen LogP contribution is -2.19. The summed E-state index contributed by atoms with van der Waals surface area (Å²) in [5.74, 6) is 0. The summed E-state index contributed by atoms with van der Waals surface area (Å²) < 4.78 is 15.3. The van der Waals surface area contributed by atoms with Crippen molar-refractivity contribution in [1.82, 2.24) is 0 Å². The fourth-order valence-corrected chi connectivity index (χ4v) is 1.67. The molecule has 0 heterocycles. The van der Waals surface area contributed by atoms with Gasteiger partial charge in [-0.15, -0.1) is 0 Å². The van der Waals surface area contributed by atoms with Crippen LogP contribution in [0.1, 0.15) is 66.2 Å². The van der Waals surface area contributed by atoms with Gasteiger partial charge in [0.1, 0.15) is 11.0 Å². The largest absolute Gasteiger partial charge is 0.234 e. The highest BCUT2D eigenvalue weighted by Gasteiger charge is 2.17. The molecular formula is C12H25NOS. The van der Waals surface area contributed by atoms with Crippen molar-refractivity contribution in [2.75, 3.05) is 0 Å². The summed E-state index contributed by atoms with van der Waals surface area (Å²) in [5.41, 5.74) is 0. The van der Waals surface area contributed by atoms with Crippen molar-refractivity contribution in [3.8, 4) is 0 Å². The van der Waals surface area contributed by atoms with Crippen molar-refractivity contribution in [3.63, 3.8) is 0 Å². The van der Waals surface area contributed by atoms with E-state index in [1.165, 1.54) is 32.1 Å². The van der Waals surface area contributed by atoms with E-state index in [2.05, 4.69) is 11.3 Å². The van der Waals surface area contributed by atoms with Crippen molar-refractivity contribution < 1.29 is 4.21 Å². The Balaban J connectivity index is 3.51. The molecule has 0 aromatic rings. The van der Waals surface area contributed by atoms with Crippen LogP contribution in [0, 0.1) is 0 Å². The summed E-state index contributed by atoms with van der Waals surface area (Å²) in [5, 5.41) is 0. The van der Waals surface area contributed by atoms with Crippen LogP contribution in [0.15, 0.2) is 4.40 Å². The molecule has 3 heteroatoms. The molecule has 0 fully saturated rings. The number of hydrogen-bond donors (Lipinski definition) is 0. The Bertz CT molecular complexity index is 206. The van der Waals surface area contributed by atoms with Gasteiger partial charge in [-0.05, 0) is 33.6 Å². The quantitative estimate of drug-likeness (QED) is 0.483. The first-order chi connectivity index (χ1) is 6.98. The van der Waals surface area contributed by atoms with E-state index < -0.39 is 11.0 Å². The van der Waals surface area contributed by atoms with Crippen LogP contribution in [0.4, 0.5) is 0 Å². The zero-order chi connectivity index (χ0) is 11.7. The van der Waals surface area contributed by atoms with Crippen molar-refractivity contribution in [2.45, 2.75) is 71.0 Å². The molecule has 0 saturated heterocycles. The topological polar surface area (TPSA) is 29.4 Å². The fourth-order valence-electron chi connectivity index (χ4n) is 1.12. The third-order valence-electron chi connectivity index (χ3n) is 2.13. The summed E-state index contributed by atoms with van der Waals surface area (Å²) in [6.07, 6.45) is 9.14. The molecule has 0 N–H and O–H groups in total. The fraction of sp³-hybridized carbons (Fsp3) is 0.917. The van der Waals surface area contributed by atoms with E-state index in [1.807, 2.05) is 27.0 Å². The van der Waals surface area contributed by atoms with Crippen LogP contribution >= 0.6 is 0 Å². The number of hydrogen-bond acceptors (Lipinski definition) is 1. The Morgan fingerprint density at radius 2 is 1.73 bits per heavy atom. The van der Waals surface area contributed by atoms with Crippen LogP contribution in [0.5, 0.6) is 0 Å². The van der Waals surface area contributed by atoms with Gasteiger partial charge >= 0.3 is 0 Å². The molecule has 90 valence electrons. The Morgan fingerprint density at radius 1 is 1.13 bits per heavy atom. The average Bonchev–Trinajstić information content (AvgIpc) is 2.14. The third-order valence-corrected chi connectivity index (χ3v) is 3.52. The van der Waals surface area contributed by atoms with Crippen molar-refractivity contribution in [3.05, 3.63) is 0 Å². The van der Waals surface area contributed by atoms with E-state index in [0.717, 1.165) is 6.42 Å². The van der Waals surface area contributed by atoms with E-state index in [0.29, 0.717) is 0 Å². The van der Waals surface area contributed by atoms with Gasteiger partial charge in [0.15, 0.2) is 0 Å². The molecule has 0 aliphatic heterocycles. The van der Waals surface area contributed by atoms with Gasteiger partial charge in [0, 0.05) is 6.21 Å². The first-order valence-electron chi connectivity index (χ1n) is 5.93. The highest BCUT2D eigenvalue weighted by Crippen LogP contribution is 2.12. The Kier molecular flexibility index (Phi) is 7.93. The summed E-state index contributed by atoms with van der Waals surface area (Å²) in [6.45, 7) is 8.05. The summed E-state index contributed by atoms with van der Waals surface area (Å²) in [7, 11) is -1.08. The van der Waals surface area contributed by atoms with Crippen LogP contribution in [0.3, 0.4) is 0 Å². The summed E-state index contributed by atoms with van der Waals surface area (Å²) >= 11 is 0. The average molecular weight is 231 g/mol. The zero-order valence-electron chi connectivity index (χ0n) is 10.6. The second-order valence-corrected chi connectivity index (χ2v) is 6.79. The Hall–Kier alpha value is -0.180. The standard InChI is InChI=1S/C12H25NOS/c1-5-6-7-8-9-10-11-13-15(14)12(2,3)4/h11H,5-10H2,1-4H3/b13-11+. The van der Waals surface area contributed by atoms with Crippen LogP contribution in [-0.4, -0.2) is 15.2 Å². The SMILES string of the molecule is CCCCCCC/C=N/S(=O)C(C)(C)C. The molecule has 1 atom stereocenters. The number of nitrogens with zero attached hydrogens (tertiary/aromatic N) is 1. The maximum Gasteiger partial charge on any atom is 0.144 e. The minimum atomic E-state index is -1.08. The zero-order valence-corrected chi connectivity index (χ0v) is 11.4. The van der Waals surface area contributed by atoms with Crippen LogP contribution in [0.2, 0.25) is 0 Å². The molecule has 2 nitrogen and oxygen atoms in total.